The lowest BCUT2D eigenvalue weighted by Gasteiger charge is -1.96. The molecule has 0 saturated heterocycles. The number of hydrogen-bond acceptors (Lipinski definition) is 2. The zero-order chi connectivity index (χ0) is 12.0. The highest BCUT2D eigenvalue weighted by molar-refractivity contribution is 7.20. The normalized spacial score (nSPS) is 11.2. The average Bonchev–Trinajstić information content (AvgIpc) is 2.90. The lowest BCUT2D eigenvalue weighted by atomic mass is 10.2. The highest BCUT2D eigenvalue weighted by Crippen LogP contribution is 2.34. The fourth-order valence-corrected chi connectivity index (χ4v) is 3.26. The minimum Gasteiger partial charge on any atom is -0.354 e. The summed E-state index contributed by atoms with van der Waals surface area (Å²) < 4.78 is 2.14. The first-order valence-electron chi connectivity index (χ1n) is 5.41. The number of aromatic nitrogens is 1. The number of rotatable bonds is 1. The molecule has 4 heteroatoms. The number of benzene rings is 1. The van der Waals surface area contributed by atoms with Gasteiger partial charge in [0.05, 0.1) is 4.88 Å². The van der Waals surface area contributed by atoms with Crippen molar-refractivity contribution in [3.8, 4) is 0 Å². The molecule has 17 heavy (non-hydrogen) atoms. The van der Waals surface area contributed by atoms with Crippen molar-refractivity contribution in [2.45, 2.75) is 0 Å². The Labute approximate surface area is 103 Å². The van der Waals surface area contributed by atoms with E-state index in [1.807, 2.05) is 25.2 Å². The van der Waals surface area contributed by atoms with Crippen molar-refractivity contribution >= 4 is 38.4 Å². The van der Waals surface area contributed by atoms with Crippen LogP contribution in [-0.2, 0) is 7.05 Å². The summed E-state index contributed by atoms with van der Waals surface area (Å²) in [5.41, 5.74) is 1.21. The molecule has 1 aromatic carbocycles. The number of thiophene rings is 1. The van der Waals surface area contributed by atoms with Crippen LogP contribution in [0, 0.1) is 0 Å². The fraction of sp³-hybridized carbons (Fsp3) is 0.154. The van der Waals surface area contributed by atoms with Crippen LogP contribution in [0.1, 0.15) is 9.67 Å². The van der Waals surface area contributed by atoms with Crippen molar-refractivity contribution in [2.75, 3.05) is 7.05 Å². The maximum atomic E-state index is 11.6. The predicted molar refractivity (Wildman–Crippen MR) is 71.7 cm³/mol. The minimum atomic E-state index is -0.0183. The second kappa shape index (κ2) is 3.60. The van der Waals surface area contributed by atoms with E-state index >= 15 is 0 Å². The fourth-order valence-electron chi connectivity index (χ4n) is 2.16. The van der Waals surface area contributed by atoms with Crippen LogP contribution in [0.25, 0.3) is 21.1 Å². The quantitative estimate of drug-likeness (QED) is 0.701. The molecule has 0 spiro atoms. The first-order valence-corrected chi connectivity index (χ1v) is 6.23. The Morgan fingerprint density at radius 2 is 2.06 bits per heavy atom. The van der Waals surface area contributed by atoms with Gasteiger partial charge in [0.15, 0.2) is 0 Å². The van der Waals surface area contributed by atoms with Gasteiger partial charge in [0.25, 0.3) is 5.91 Å². The van der Waals surface area contributed by atoms with E-state index in [1.54, 1.807) is 7.05 Å². The van der Waals surface area contributed by atoms with Crippen LogP contribution in [0.4, 0.5) is 0 Å². The second-order valence-electron chi connectivity index (χ2n) is 3.98. The number of nitrogens with zero attached hydrogens (tertiary/aromatic N) is 1. The van der Waals surface area contributed by atoms with Crippen molar-refractivity contribution in [1.29, 1.82) is 0 Å². The molecule has 86 valence electrons. The highest BCUT2D eigenvalue weighted by Gasteiger charge is 2.14. The second-order valence-corrected chi connectivity index (χ2v) is 5.02. The minimum absolute atomic E-state index is 0.0183. The number of fused-ring (bicyclic) bond motifs is 3. The molecule has 3 rings (SSSR count). The summed E-state index contributed by atoms with van der Waals surface area (Å²) in [6, 6.07) is 10.2. The Hall–Kier alpha value is -1.81. The van der Waals surface area contributed by atoms with Crippen LogP contribution < -0.4 is 5.32 Å². The van der Waals surface area contributed by atoms with Crippen LogP contribution in [-0.4, -0.2) is 17.5 Å². The van der Waals surface area contributed by atoms with Crippen LogP contribution in [0.2, 0.25) is 0 Å². The Bertz CT molecular complexity index is 724. The molecule has 0 aliphatic carbocycles. The molecular formula is C13H12N2OS. The molecule has 1 amide bonds. The molecular weight excluding hydrogens is 232 g/mol. The molecule has 0 fully saturated rings. The molecule has 2 heterocycles. The molecule has 1 N–H and O–H groups in total. The van der Waals surface area contributed by atoms with E-state index in [-0.39, 0.29) is 5.91 Å². The van der Waals surface area contributed by atoms with E-state index in [9.17, 15) is 4.79 Å². The van der Waals surface area contributed by atoms with Gasteiger partial charge in [-0.05, 0) is 12.1 Å². The highest BCUT2D eigenvalue weighted by atomic mass is 32.1. The number of aryl methyl sites for hydroxylation is 1. The summed E-state index contributed by atoms with van der Waals surface area (Å²) in [6.07, 6.45) is 0. The summed E-state index contributed by atoms with van der Waals surface area (Å²) in [4.78, 5) is 13.5. The van der Waals surface area contributed by atoms with E-state index in [4.69, 9.17) is 0 Å². The van der Waals surface area contributed by atoms with E-state index in [1.165, 1.54) is 22.2 Å². The van der Waals surface area contributed by atoms with E-state index in [0.29, 0.717) is 0 Å². The molecule has 0 saturated carbocycles. The van der Waals surface area contributed by atoms with Gasteiger partial charge < -0.3 is 9.88 Å². The predicted octanol–water partition coefficient (Wildman–Crippen LogP) is 2.75. The third kappa shape index (κ3) is 1.37. The SMILES string of the molecule is CNC(=O)c1cc2c3ccccc3n(C)c2s1. The van der Waals surface area contributed by atoms with Gasteiger partial charge in [-0.1, -0.05) is 18.2 Å². The van der Waals surface area contributed by atoms with Gasteiger partial charge in [-0.25, -0.2) is 0 Å². The summed E-state index contributed by atoms with van der Waals surface area (Å²) >= 11 is 1.53. The first kappa shape index (κ1) is 10.4. The number of hydrogen-bond donors (Lipinski definition) is 1. The molecule has 0 bridgehead atoms. The van der Waals surface area contributed by atoms with Crippen molar-refractivity contribution in [3.05, 3.63) is 35.2 Å². The number of para-hydroxylation sites is 1. The van der Waals surface area contributed by atoms with Crippen molar-refractivity contribution in [1.82, 2.24) is 9.88 Å². The third-order valence-electron chi connectivity index (χ3n) is 3.02. The smallest absolute Gasteiger partial charge is 0.261 e. The van der Waals surface area contributed by atoms with Crippen molar-refractivity contribution in [2.24, 2.45) is 7.05 Å². The zero-order valence-corrected chi connectivity index (χ0v) is 10.5. The summed E-state index contributed by atoms with van der Waals surface area (Å²) in [5.74, 6) is -0.0183. The monoisotopic (exact) mass is 244 g/mol. The van der Waals surface area contributed by atoms with Crippen molar-refractivity contribution in [3.63, 3.8) is 0 Å². The Kier molecular flexibility index (Phi) is 2.19. The van der Waals surface area contributed by atoms with Crippen LogP contribution in [0.5, 0.6) is 0 Å². The molecule has 0 aliphatic rings. The van der Waals surface area contributed by atoms with Crippen LogP contribution >= 0.6 is 11.3 Å². The summed E-state index contributed by atoms with van der Waals surface area (Å²) in [7, 11) is 3.69. The Morgan fingerprint density at radius 3 is 2.82 bits per heavy atom. The molecule has 0 unspecified atom stereocenters. The third-order valence-corrected chi connectivity index (χ3v) is 4.23. The maximum absolute atomic E-state index is 11.6. The number of carbonyl (C=O) groups excluding carboxylic acids is 1. The zero-order valence-electron chi connectivity index (χ0n) is 9.65. The average molecular weight is 244 g/mol. The van der Waals surface area contributed by atoms with Gasteiger partial charge in [0, 0.05) is 30.4 Å². The van der Waals surface area contributed by atoms with Gasteiger partial charge in [0.2, 0.25) is 0 Å². The number of carbonyl (C=O) groups is 1. The van der Waals surface area contributed by atoms with Gasteiger partial charge >= 0.3 is 0 Å². The molecule has 3 nitrogen and oxygen atoms in total. The molecule has 0 aliphatic heterocycles. The Morgan fingerprint density at radius 1 is 1.29 bits per heavy atom. The van der Waals surface area contributed by atoms with Gasteiger partial charge in [0.1, 0.15) is 4.83 Å². The lowest BCUT2D eigenvalue weighted by Crippen LogP contribution is -2.16. The van der Waals surface area contributed by atoms with E-state index in [0.717, 1.165) is 15.1 Å². The molecule has 2 aromatic heterocycles. The topological polar surface area (TPSA) is 34.0 Å². The largest absolute Gasteiger partial charge is 0.354 e. The van der Waals surface area contributed by atoms with Crippen molar-refractivity contribution < 1.29 is 4.79 Å². The van der Waals surface area contributed by atoms with Gasteiger partial charge in [-0.15, -0.1) is 11.3 Å². The number of nitrogens with one attached hydrogen (secondary N) is 1. The van der Waals surface area contributed by atoms with Crippen LogP contribution in [0.15, 0.2) is 30.3 Å². The summed E-state index contributed by atoms with van der Waals surface area (Å²) in [6.45, 7) is 0. The van der Waals surface area contributed by atoms with Gasteiger partial charge in [-0.3, -0.25) is 4.79 Å². The molecule has 3 aromatic rings. The molecule has 0 atom stereocenters. The van der Waals surface area contributed by atoms with E-state index < -0.39 is 0 Å². The number of amides is 1. The summed E-state index contributed by atoms with van der Waals surface area (Å²) in [5, 5.41) is 5.03. The van der Waals surface area contributed by atoms with Crippen LogP contribution in [0.3, 0.4) is 0 Å². The van der Waals surface area contributed by atoms with Gasteiger partial charge in [-0.2, -0.15) is 0 Å². The van der Waals surface area contributed by atoms with E-state index in [2.05, 4.69) is 22.0 Å². The molecule has 0 radical (unpaired) electrons. The first-order chi connectivity index (χ1) is 8.22. The standard InChI is InChI=1S/C13H12N2OS/c1-14-12(16)11-7-9-8-5-3-4-6-10(8)15(2)13(9)17-11/h3-7H,1-2H3,(H,14,16). The maximum Gasteiger partial charge on any atom is 0.261 e. The lowest BCUT2D eigenvalue weighted by molar-refractivity contribution is 0.0967. The Balaban J connectivity index is 2.37.